The van der Waals surface area contributed by atoms with Crippen LogP contribution in [0.15, 0.2) is 24.3 Å². The van der Waals surface area contributed by atoms with Crippen molar-refractivity contribution in [2.75, 3.05) is 44.8 Å². The van der Waals surface area contributed by atoms with Crippen LogP contribution in [0.4, 0.5) is 0 Å². The van der Waals surface area contributed by atoms with Crippen molar-refractivity contribution in [1.29, 1.82) is 0 Å². The highest BCUT2D eigenvalue weighted by atomic mass is 32.2. The zero-order chi connectivity index (χ0) is 17.9. The zero-order valence-corrected chi connectivity index (χ0v) is 15.5. The molecule has 2 saturated heterocycles. The summed E-state index contributed by atoms with van der Waals surface area (Å²) in [7, 11) is -1.25. The minimum absolute atomic E-state index is 0.00910. The Labute approximate surface area is 149 Å². The Morgan fingerprint density at radius 3 is 2.40 bits per heavy atom. The van der Waals surface area contributed by atoms with Gasteiger partial charge in [-0.15, -0.1) is 0 Å². The van der Waals surface area contributed by atoms with Crippen molar-refractivity contribution in [3.8, 4) is 5.75 Å². The number of hydrogen-bond donors (Lipinski definition) is 0. The maximum Gasteiger partial charge on any atom is 0.222 e. The number of hydrogen-bond acceptors (Lipinski definition) is 5. The molecule has 1 aromatic carbocycles. The molecule has 1 atom stereocenters. The van der Waals surface area contributed by atoms with Gasteiger partial charge in [0.25, 0.3) is 0 Å². The average Bonchev–Trinajstić information content (AvgIpc) is 2.94. The van der Waals surface area contributed by atoms with Gasteiger partial charge < -0.3 is 9.64 Å². The molecule has 138 valence electrons. The van der Waals surface area contributed by atoms with Crippen LogP contribution in [0, 0.1) is 5.92 Å². The number of methoxy groups -OCH3 is 1. The number of benzene rings is 1. The van der Waals surface area contributed by atoms with Crippen LogP contribution in [0.25, 0.3) is 0 Å². The highest BCUT2D eigenvalue weighted by Crippen LogP contribution is 2.23. The molecule has 3 rings (SSSR count). The van der Waals surface area contributed by atoms with E-state index in [0.29, 0.717) is 25.9 Å². The fraction of sp³-hybridized carbons (Fsp3) is 0.611. The van der Waals surface area contributed by atoms with Gasteiger partial charge in [0.1, 0.15) is 5.75 Å². The van der Waals surface area contributed by atoms with Crippen molar-refractivity contribution >= 4 is 15.7 Å². The number of ether oxygens (including phenoxy) is 1. The van der Waals surface area contributed by atoms with Crippen molar-refractivity contribution < 1.29 is 17.9 Å². The molecule has 0 bridgehead atoms. The van der Waals surface area contributed by atoms with Gasteiger partial charge in [0.05, 0.1) is 18.6 Å². The summed E-state index contributed by atoms with van der Waals surface area (Å²) in [4.78, 5) is 16.6. The topological polar surface area (TPSA) is 66.9 Å². The second-order valence-corrected chi connectivity index (χ2v) is 9.21. The van der Waals surface area contributed by atoms with Crippen LogP contribution in [-0.2, 0) is 21.2 Å². The van der Waals surface area contributed by atoms with E-state index in [-0.39, 0.29) is 23.3 Å². The summed E-state index contributed by atoms with van der Waals surface area (Å²) in [5.41, 5.74) is 1.23. The zero-order valence-electron chi connectivity index (χ0n) is 14.7. The van der Waals surface area contributed by atoms with Gasteiger partial charge in [-0.1, -0.05) is 12.1 Å². The third kappa shape index (κ3) is 4.95. The van der Waals surface area contributed by atoms with Crippen LogP contribution in [0.5, 0.6) is 5.75 Å². The Hall–Kier alpha value is -1.60. The second kappa shape index (κ2) is 7.74. The molecule has 2 heterocycles. The van der Waals surface area contributed by atoms with Crippen LogP contribution < -0.4 is 4.74 Å². The van der Waals surface area contributed by atoms with E-state index in [0.717, 1.165) is 25.4 Å². The van der Waals surface area contributed by atoms with Crippen molar-refractivity contribution in [2.45, 2.75) is 19.4 Å². The minimum atomic E-state index is -2.91. The van der Waals surface area contributed by atoms with Crippen LogP contribution in [-0.4, -0.2) is 68.9 Å². The largest absolute Gasteiger partial charge is 0.497 e. The Morgan fingerprint density at radius 1 is 1.16 bits per heavy atom. The standard InChI is InChI=1S/C18H26N2O4S/c1-24-17-4-2-15(3-5-17)13-19-7-9-20(10-8-19)18(21)12-16-6-11-25(22,23)14-16/h2-5,16H,6-14H2,1H3/t16-/m0/s1. The molecule has 1 aromatic rings. The Balaban J connectivity index is 1.44. The van der Waals surface area contributed by atoms with Gasteiger partial charge in [0.2, 0.25) is 5.91 Å². The van der Waals surface area contributed by atoms with E-state index >= 15 is 0 Å². The van der Waals surface area contributed by atoms with Gasteiger partial charge in [0, 0.05) is 39.1 Å². The van der Waals surface area contributed by atoms with E-state index in [9.17, 15) is 13.2 Å². The number of nitrogens with zero attached hydrogens (tertiary/aromatic N) is 2. The smallest absolute Gasteiger partial charge is 0.222 e. The van der Waals surface area contributed by atoms with Gasteiger partial charge in [0.15, 0.2) is 9.84 Å². The third-order valence-corrected chi connectivity index (χ3v) is 6.92. The molecule has 0 N–H and O–H groups in total. The normalized spacial score (nSPS) is 23.6. The molecule has 7 heteroatoms. The average molecular weight is 366 g/mol. The van der Waals surface area contributed by atoms with Crippen LogP contribution in [0.3, 0.4) is 0 Å². The lowest BCUT2D eigenvalue weighted by atomic mass is 10.0. The third-order valence-electron chi connectivity index (χ3n) is 5.08. The summed E-state index contributed by atoms with van der Waals surface area (Å²) in [6.07, 6.45) is 1.00. The molecule has 0 radical (unpaired) electrons. The van der Waals surface area contributed by atoms with Crippen molar-refractivity contribution in [3.63, 3.8) is 0 Å². The lowest BCUT2D eigenvalue weighted by Crippen LogP contribution is -2.48. The first-order valence-corrected chi connectivity index (χ1v) is 10.6. The molecule has 6 nitrogen and oxygen atoms in total. The molecular weight excluding hydrogens is 340 g/mol. The first-order valence-electron chi connectivity index (χ1n) is 8.79. The van der Waals surface area contributed by atoms with Crippen molar-refractivity contribution in [1.82, 2.24) is 9.80 Å². The summed E-state index contributed by atoms with van der Waals surface area (Å²) in [5.74, 6) is 1.38. The Bertz CT molecular complexity index is 694. The van der Waals surface area contributed by atoms with E-state index in [2.05, 4.69) is 17.0 Å². The SMILES string of the molecule is COc1ccc(CN2CCN(C(=O)C[C@@H]3CCS(=O)(=O)C3)CC2)cc1. The highest BCUT2D eigenvalue weighted by Gasteiger charge is 2.31. The predicted molar refractivity (Wildman–Crippen MR) is 96.2 cm³/mol. The van der Waals surface area contributed by atoms with E-state index < -0.39 is 9.84 Å². The summed E-state index contributed by atoms with van der Waals surface area (Å²) in [6.45, 7) is 4.00. The molecule has 2 fully saturated rings. The van der Waals surface area contributed by atoms with Gasteiger partial charge in [-0.3, -0.25) is 9.69 Å². The molecule has 2 aliphatic rings. The monoisotopic (exact) mass is 366 g/mol. The lowest BCUT2D eigenvalue weighted by Gasteiger charge is -2.35. The first kappa shape index (κ1) is 18.2. The predicted octanol–water partition coefficient (Wildman–Crippen LogP) is 1.16. The van der Waals surface area contributed by atoms with Crippen LogP contribution in [0.1, 0.15) is 18.4 Å². The second-order valence-electron chi connectivity index (χ2n) is 6.98. The number of amides is 1. The van der Waals surface area contributed by atoms with Gasteiger partial charge in [-0.2, -0.15) is 0 Å². The fourth-order valence-corrected chi connectivity index (χ4v) is 5.42. The van der Waals surface area contributed by atoms with E-state index in [1.165, 1.54) is 5.56 Å². The van der Waals surface area contributed by atoms with Crippen molar-refractivity contribution in [2.24, 2.45) is 5.92 Å². The number of piperazine rings is 1. The number of rotatable bonds is 5. The Morgan fingerprint density at radius 2 is 1.84 bits per heavy atom. The van der Waals surface area contributed by atoms with E-state index in [1.807, 2.05) is 17.0 Å². The summed E-state index contributed by atoms with van der Waals surface area (Å²) < 4.78 is 28.2. The van der Waals surface area contributed by atoms with Gasteiger partial charge in [-0.25, -0.2) is 8.42 Å². The highest BCUT2D eigenvalue weighted by molar-refractivity contribution is 7.91. The molecule has 0 aliphatic carbocycles. The first-order chi connectivity index (χ1) is 11.9. The molecule has 2 aliphatic heterocycles. The minimum Gasteiger partial charge on any atom is -0.497 e. The molecule has 0 unspecified atom stereocenters. The van der Waals surface area contributed by atoms with Gasteiger partial charge in [-0.05, 0) is 30.0 Å². The van der Waals surface area contributed by atoms with Gasteiger partial charge >= 0.3 is 0 Å². The van der Waals surface area contributed by atoms with Crippen LogP contribution in [0.2, 0.25) is 0 Å². The molecule has 0 spiro atoms. The fourth-order valence-electron chi connectivity index (χ4n) is 3.55. The van der Waals surface area contributed by atoms with Crippen molar-refractivity contribution in [3.05, 3.63) is 29.8 Å². The lowest BCUT2D eigenvalue weighted by molar-refractivity contribution is -0.133. The maximum atomic E-state index is 12.4. The molecular formula is C18H26N2O4S. The van der Waals surface area contributed by atoms with Crippen LogP contribution >= 0.6 is 0 Å². The quantitative estimate of drug-likeness (QED) is 0.782. The molecule has 0 aromatic heterocycles. The Kier molecular flexibility index (Phi) is 5.64. The molecule has 0 saturated carbocycles. The summed E-state index contributed by atoms with van der Waals surface area (Å²) in [5, 5.41) is 0. The summed E-state index contributed by atoms with van der Waals surface area (Å²) >= 11 is 0. The summed E-state index contributed by atoms with van der Waals surface area (Å²) in [6, 6.07) is 8.06. The molecule has 25 heavy (non-hydrogen) atoms. The maximum absolute atomic E-state index is 12.4. The van der Waals surface area contributed by atoms with E-state index in [4.69, 9.17) is 4.74 Å². The number of sulfone groups is 1. The number of carbonyl (C=O) groups excluding carboxylic acids is 1. The molecule has 1 amide bonds. The number of carbonyl (C=O) groups is 1. The van der Waals surface area contributed by atoms with E-state index in [1.54, 1.807) is 7.11 Å².